The van der Waals surface area contributed by atoms with E-state index >= 15 is 0 Å². The first-order valence-electron chi connectivity index (χ1n) is 8.63. The summed E-state index contributed by atoms with van der Waals surface area (Å²) < 4.78 is 50.6. The van der Waals surface area contributed by atoms with Crippen LogP contribution in [0.4, 0.5) is 0 Å². The van der Waals surface area contributed by atoms with Crippen LogP contribution in [0, 0.1) is 6.92 Å². The topological polar surface area (TPSA) is 74.8 Å². The van der Waals surface area contributed by atoms with E-state index in [0.717, 1.165) is 6.54 Å². The fraction of sp³-hybridized carbons (Fsp3) is 0.647. The molecule has 2 aliphatic rings. The summed E-state index contributed by atoms with van der Waals surface area (Å²) in [5.41, 5.74) is 2.40. The molecule has 0 aliphatic carbocycles. The monoisotopic (exact) mass is 386 g/mol. The van der Waals surface area contributed by atoms with Crippen molar-refractivity contribution in [3.05, 3.63) is 35.4 Å². The molecule has 140 valence electrons. The zero-order chi connectivity index (χ0) is 18.2. The van der Waals surface area contributed by atoms with Crippen molar-refractivity contribution in [1.82, 2.24) is 9.21 Å². The number of likely N-dealkylation sites (tertiary alicyclic amines) is 1. The molecule has 2 heterocycles. The lowest BCUT2D eigenvalue weighted by molar-refractivity contribution is 0.259. The first kappa shape index (κ1) is 18.8. The molecule has 2 saturated heterocycles. The molecule has 0 radical (unpaired) electrons. The van der Waals surface area contributed by atoms with Gasteiger partial charge in [-0.25, -0.2) is 16.8 Å². The van der Waals surface area contributed by atoms with Gasteiger partial charge in [-0.15, -0.1) is 0 Å². The van der Waals surface area contributed by atoms with Crippen LogP contribution in [-0.4, -0.2) is 69.0 Å². The van der Waals surface area contributed by atoms with E-state index in [1.54, 1.807) is 0 Å². The summed E-state index contributed by atoms with van der Waals surface area (Å²) in [4.78, 5) is 2.24. The molecule has 2 atom stereocenters. The largest absolute Gasteiger partial charge is 0.299 e. The highest BCUT2D eigenvalue weighted by Crippen LogP contribution is 2.30. The van der Waals surface area contributed by atoms with Crippen LogP contribution in [-0.2, 0) is 26.4 Å². The first-order chi connectivity index (χ1) is 11.7. The first-order valence-corrected chi connectivity index (χ1v) is 12.2. The van der Waals surface area contributed by atoms with Crippen LogP contribution >= 0.6 is 0 Å². The second kappa shape index (κ2) is 6.98. The van der Waals surface area contributed by atoms with E-state index in [-0.39, 0.29) is 12.3 Å². The Morgan fingerprint density at radius 2 is 1.88 bits per heavy atom. The molecular formula is C17H26N2O4S2. The minimum absolute atomic E-state index is 0.0703. The van der Waals surface area contributed by atoms with Crippen LogP contribution in [0.15, 0.2) is 24.3 Å². The van der Waals surface area contributed by atoms with Gasteiger partial charge in [-0.05, 0) is 31.9 Å². The minimum atomic E-state index is -3.39. The van der Waals surface area contributed by atoms with Gasteiger partial charge in [0.25, 0.3) is 0 Å². The number of benzene rings is 1. The Balaban J connectivity index is 1.79. The lowest BCUT2D eigenvalue weighted by Crippen LogP contribution is -2.56. The third-order valence-corrected chi connectivity index (χ3v) is 8.77. The standard InChI is InChI=1S/C17H26N2O4S2/c1-14-4-3-5-15(12-14)13-18-8-6-16-17(7-9-18)25(22,23)11-10-19(16)24(2,20)21/h3-5,12,16-17H,6-11,13H2,1-2H3/t16-,17+/m0/s1. The summed E-state index contributed by atoms with van der Waals surface area (Å²) in [6.07, 6.45) is 2.23. The van der Waals surface area contributed by atoms with Crippen LogP contribution in [0.1, 0.15) is 24.0 Å². The van der Waals surface area contributed by atoms with E-state index in [4.69, 9.17) is 0 Å². The van der Waals surface area contributed by atoms with Crippen LogP contribution in [0.3, 0.4) is 0 Å². The third kappa shape index (κ3) is 4.24. The maximum atomic E-state index is 12.5. The number of rotatable bonds is 3. The summed E-state index contributed by atoms with van der Waals surface area (Å²) in [7, 11) is -6.63. The maximum absolute atomic E-state index is 12.5. The highest BCUT2D eigenvalue weighted by molar-refractivity contribution is 7.92. The Labute approximate surface area is 150 Å². The summed E-state index contributed by atoms with van der Waals surface area (Å²) >= 11 is 0. The summed E-state index contributed by atoms with van der Waals surface area (Å²) in [5, 5.41) is -0.585. The number of sulfonamides is 1. The Kier molecular flexibility index (Phi) is 5.26. The average molecular weight is 387 g/mol. The molecule has 0 aromatic heterocycles. The lowest BCUT2D eigenvalue weighted by Gasteiger charge is -2.38. The molecule has 6 nitrogen and oxygen atoms in total. The molecule has 0 N–H and O–H groups in total. The van der Waals surface area contributed by atoms with Crippen LogP contribution < -0.4 is 0 Å². The van der Waals surface area contributed by atoms with Crippen molar-refractivity contribution < 1.29 is 16.8 Å². The van der Waals surface area contributed by atoms with Gasteiger partial charge in [0.2, 0.25) is 10.0 Å². The second-order valence-corrected chi connectivity index (χ2v) is 11.5. The van der Waals surface area contributed by atoms with E-state index in [0.29, 0.717) is 25.9 Å². The molecule has 2 aliphatic heterocycles. The van der Waals surface area contributed by atoms with E-state index in [1.807, 2.05) is 6.07 Å². The Hall–Kier alpha value is -0.960. The average Bonchev–Trinajstić information content (AvgIpc) is 2.70. The van der Waals surface area contributed by atoms with Gasteiger partial charge in [0.05, 0.1) is 17.3 Å². The predicted octanol–water partition coefficient (Wildman–Crippen LogP) is 1.02. The molecule has 1 aromatic rings. The van der Waals surface area contributed by atoms with Crippen molar-refractivity contribution in [2.24, 2.45) is 0 Å². The highest BCUT2D eigenvalue weighted by atomic mass is 32.2. The number of aryl methyl sites for hydroxylation is 1. The van der Waals surface area contributed by atoms with E-state index < -0.39 is 31.2 Å². The van der Waals surface area contributed by atoms with Crippen molar-refractivity contribution in [2.45, 2.75) is 37.6 Å². The Morgan fingerprint density at radius 1 is 1.16 bits per heavy atom. The quantitative estimate of drug-likeness (QED) is 0.775. The second-order valence-electron chi connectivity index (χ2n) is 7.19. The van der Waals surface area contributed by atoms with E-state index in [2.05, 4.69) is 30.0 Å². The van der Waals surface area contributed by atoms with Crippen LogP contribution in [0.25, 0.3) is 0 Å². The van der Waals surface area contributed by atoms with Crippen molar-refractivity contribution in [1.29, 1.82) is 0 Å². The number of hydrogen-bond donors (Lipinski definition) is 0. The van der Waals surface area contributed by atoms with E-state index in [1.165, 1.54) is 21.7 Å². The number of nitrogens with zero attached hydrogens (tertiary/aromatic N) is 2. The molecule has 0 amide bonds. The zero-order valence-corrected chi connectivity index (χ0v) is 16.4. The molecule has 25 heavy (non-hydrogen) atoms. The predicted molar refractivity (Wildman–Crippen MR) is 98.6 cm³/mol. The highest BCUT2D eigenvalue weighted by Gasteiger charge is 2.45. The molecule has 8 heteroatoms. The summed E-state index contributed by atoms with van der Waals surface area (Å²) in [6.45, 7) is 4.28. The SMILES string of the molecule is Cc1cccc(CN2CC[C@@H]3[C@H](CC2)N(S(C)(=O)=O)CCS3(=O)=O)c1. The molecule has 0 spiro atoms. The lowest BCUT2D eigenvalue weighted by atomic mass is 10.1. The normalized spacial score (nSPS) is 28.2. The van der Waals surface area contributed by atoms with Gasteiger partial charge >= 0.3 is 0 Å². The molecule has 0 saturated carbocycles. The fourth-order valence-corrected chi connectivity index (χ4v) is 7.38. The van der Waals surface area contributed by atoms with Crippen LogP contribution in [0.5, 0.6) is 0 Å². The van der Waals surface area contributed by atoms with Gasteiger partial charge in [0.1, 0.15) is 0 Å². The van der Waals surface area contributed by atoms with Gasteiger partial charge < -0.3 is 0 Å². The zero-order valence-electron chi connectivity index (χ0n) is 14.8. The third-order valence-electron chi connectivity index (χ3n) is 5.24. The van der Waals surface area contributed by atoms with Gasteiger partial charge in [-0.1, -0.05) is 29.8 Å². The molecule has 2 fully saturated rings. The van der Waals surface area contributed by atoms with Crippen molar-refractivity contribution in [3.8, 4) is 0 Å². The van der Waals surface area contributed by atoms with Gasteiger partial charge in [0, 0.05) is 25.7 Å². The van der Waals surface area contributed by atoms with Crippen molar-refractivity contribution >= 4 is 19.9 Å². The summed E-state index contributed by atoms with van der Waals surface area (Å²) in [5.74, 6) is -0.0703. The van der Waals surface area contributed by atoms with Crippen molar-refractivity contribution in [3.63, 3.8) is 0 Å². The fourth-order valence-electron chi connectivity index (χ4n) is 4.04. The van der Waals surface area contributed by atoms with Gasteiger partial charge in [0.15, 0.2) is 9.84 Å². The number of fused-ring (bicyclic) bond motifs is 1. The van der Waals surface area contributed by atoms with Crippen LogP contribution in [0.2, 0.25) is 0 Å². The molecule has 3 rings (SSSR count). The summed E-state index contributed by atoms with van der Waals surface area (Å²) in [6, 6.07) is 7.85. The smallest absolute Gasteiger partial charge is 0.211 e. The number of hydrogen-bond acceptors (Lipinski definition) is 5. The molecular weight excluding hydrogens is 360 g/mol. The van der Waals surface area contributed by atoms with Gasteiger partial charge in [-0.3, -0.25) is 4.90 Å². The molecule has 0 unspecified atom stereocenters. The maximum Gasteiger partial charge on any atom is 0.211 e. The molecule has 1 aromatic carbocycles. The number of sulfone groups is 1. The Bertz CT molecular complexity index is 836. The van der Waals surface area contributed by atoms with Gasteiger partial charge in [-0.2, -0.15) is 4.31 Å². The molecule has 0 bridgehead atoms. The van der Waals surface area contributed by atoms with Crippen molar-refractivity contribution in [2.75, 3.05) is 31.6 Å². The minimum Gasteiger partial charge on any atom is -0.299 e. The van der Waals surface area contributed by atoms with E-state index in [9.17, 15) is 16.8 Å². The Morgan fingerprint density at radius 3 is 2.56 bits per heavy atom.